The van der Waals surface area contributed by atoms with E-state index in [0.29, 0.717) is 32.6 Å². The molecule has 8 nitrogen and oxygen atoms in total. The standard InChI is InChI=1S/C29H24F2IN7O/c1-3-17-12-32-25(29(40)39(2)16-19-6-9-23(30)24(31)10-19)28(37-13-17)38-14-18-4-7-20(8-5-18)21-11-22(26(33)34)27(35)36-15-21/h1,4-11,13,15,38H,14,16H2,2H3,(H3,33,34)(H2,35,36). The first-order valence-electron chi connectivity index (χ1n) is 11.8. The van der Waals surface area contributed by atoms with Crippen molar-refractivity contribution in [3.05, 3.63) is 98.0 Å². The predicted molar refractivity (Wildman–Crippen MR) is 162 cm³/mol. The largest absolute Gasteiger partial charge is 0.384 e. The zero-order chi connectivity index (χ0) is 28.8. The van der Waals surface area contributed by atoms with E-state index in [4.69, 9.17) is 23.3 Å². The molecule has 1 aromatic heterocycles. The van der Waals surface area contributed by atoms with Crippen LogP contribution in [0.15, 0.2) is 74.7 Å². The van der Waals surface area contributed by atoms with Crippen LogP contribution < -0.4 is 16.8 Å². The molecular weight excluding hydrogens is 627 g/mol. The van der Waals surface area contributed by atoms with Crippen LogP contribution in [-0.2, 0) is 17.9 Å². The second-order valence-corrected chi connectivity index (χ2v) is 10.9. The number of nitrogens with zero attached hydrogens (tertiary/aromatic N) is 3. The number of aromatic nitrogens is 1. The van der Waals surface area contributed by atoms with E-state index in [2.05, 4.69) is 24.9 Å². The summed E-state index contributed by atoms with van der Waals surface area (Å²) in [4.78, 5) is 23.4. The maximum atomic E-state index is 13.7. The smallest absolute Gasteiger partial charge is 0.264 e. The first kappa shape index (κ1) is 28.4. The molecule has 0 atom stereocenters. The van der Waals surface area contributed by atoms with E-state index in [1.54, 1.807) is 19.3 Å². The van der Waals surface area contributed by atoms with Gasteiger partial charge in [-0.25, -0.2) is 18.8 Å². The Labute approximate surface area is 239 Å². The van der Waals surface area contributed by atoms with E-state index >= 15 is 0 Å². The van der Waals surface area contributed by atoms with E-state index < -0.39 is 32.4 Å². The molecule has 202 valence electrons. The van der Waals surface area contributed by atoms with E-state index in [0.717, 1.165) is 28.8 Å². The maximum Gasteiger partial charge on any atom is 0.264 e. The molecule has 40 heavy (non-hydrogen) atoms. The summed E-state index contributed by atoms with van der Waals surface area (Å²) in [6.07, 6.45) is 8.64. The van der Waals surface area contributed by atoms with Gasteiger partial charge in [0.05, 0.1) is 17.4 Å². The first-order chi connectivity index (χ1) is 19.2. The number of carbonyl (C=O) groups is 1. The maximum absolute atomic E-state index is 13.7. The number of amidine groups is 1. The van der Waals surface area contributed by atoms with Crippen molar-refractivity contribution in [3.63, 3.8) is 0 Å². The van der Waals surface area contributed by atoms with Gasteiger partial charge in [-0.15, -0.1) is 6.42 Å². The highest BCUT2D eigenvalue weighted by molar-refractivity contribution is 14.2. The molecule has 0 radical (unpaired) electrons. The Bertz CT molecular complexity index is 1670. The lowest BCUT2D eigenvalue weighted by molar-refractivity contribution is -0.125. The summed E-state index contributed by atoms with van der Waals surface area (Å²) in [5, 5.41) is 10.9. The second kappa shape index (κ2) is 12.5. The Morgan fingerprint density at radius 3 is 2.55 bits per heavy atom. The van der Waals surface area contributed by atoms with Crippen molar-refractivity contribution in [3.8, 4) is 23.5 Å². The minimum atomic E-state index is -1.06. The number of carbonyl (C=O) groups excluding carboxylic acids is 1. The van der Waals surface area contributed by atoms with E-state index in [-0.39, 0.29) is 24.1 Å². The third-order valence-electron chi connectivity index (χ3n) is 5.82. The quantitative estimate of drug-likeness (QED) is 0.127. The molecule has 0 bridgehead atoms. The summed E-state index contributed by atoms with van der Waals surface area (Å²) < 4.78 is 30.5. The molecule has 1 aliphatic heterocycles. The van der Waals surface area contributed by atoms with Crippen LogP contribution in [0.1, 0.15) is 16.7 Å². The number of hydrogen-bond donors (Lipinski definition) is 4. The number of hydrogen-bond acceptors (Lipinski definition) is 6. The number of pyridine rings is 1. The molecular formula is C29H24F2IN7O. The molecule has 0 unspecified atom stereocenters. The molecule has 3 aromatic rings. The number of anilines is 1. The van der Waals surface area contributed by atoms with Gasteiger partial charge in [-0.05, 0) is 55.6 Å². The highest BCUT2D eigenvalue weighted by atomic mass is 127. The number of benzene rings is 2. The molecule has 2 heterocycles. The van der Waals surface area contributed by atoms with Gasteiger partial charge in [0.2, 0.25) is 0 Å². The van der Waals surface area contributed by atoms with Gasteiger partial charge in [0, 0.05) is 31.9 Å². The number of terminal acetylenes is 1. The number of nitrogen functional groups attached to an aromatic ring is 2. The lowest BCUT2D eigenvalue weighted by Gasteiger charge is -2.19. The van der Waals surface area contributed by atoms with Crippen molar-refractivity contribution in [2.45, 2.75) is 13.1 Å². The van der Waals surface area contributed by atoms with Crippen LogP contribution in [0.5, 0.6) is 0 Å². The third-order valence-corrected chi connectivity index (χ3v) is 8.19. The van der Waals surface area contributed by atoms with E-state index in [1.165, 1.54) is 17.2 Å². The molecule has 0 spiro atoms. The fraction of sp³-hybridized carbons (Fsp3) is 0.103. The Morgan fingerprint density at radius 2 is 1.88 bits per heavy atom. The van der Waals surface area contributed by atoms with Crippen molar-refractivity contribution in [2.75, 3.05) is 12.8 Å². The Hall–Kier alpha value is -4.66. The van der Waals surface area contributed by atoms with Gasteiger partial charge >= 0.3 is 0 Å². The Kier molecular flexibility index (Phi) is 8.83. The number of allylic oxidation sites excluding steroid dienone is 1. The molecule has 0 saturated carbocycles. The minimum absolute atomic E-state index is 0.0821. The summed E-state index contributed by atoms with van der Waals surface area (Å²) in [5.74, 6) is 0.691. The summed E-state index contributed by atoms with van der Waals surface area (Å²) in [6.45, 7) is 0.448. The number of likely N-dealkylation sites (N-methyl/N-ethyl adjacent to an activating group) is 1. The molecule has 2 aromatic carbocycles. The SMILES string of the molecule is C#CC1=C=IC(C(=O)N(C)Cc2ccc(F)c(F)c2)=C(NCc2ccc(-c3cnc(N)c(C(=N)N)c3)cc2)N=C1. The summed E-state index contributed by atoms with van der Waals surface area (Å²) in [7, 11) is 1.58. The van der Waals surface area contributed by atoms with Crippen LogP contribution >= 0.6 is 20.7 Å². The highest BCUT2D eigenvalue weighted by Crippen LogP contribution is 2.25. The number of rotatable bonds is 8. The lowest BCUT2D eigenvalue weighted by atomic mass is 10.0. The van der Waals surface area contributed by atoms with E-state index in [1.807, 2.05) is 24.3 Å². The Balaban J connectivity index is 1.53. The number of aliphatic imine (C=N–C) groups is 1. The summed E-state index contributed by atoms with van der Waals surface area (Å²) in [5.41, 5.74) is 15.2. The van der Waals surface area contributed by atoms with Gasteiger partial charge in [0.1, 0.15) is 21.1 Å². The van der Waals surface area contributed by atoms with Gasteiger partial charge in [-0.3, -0.25) is 10.2 Å². The van der Waals surface area contributed by atoms with Crippen LogP contribution in [0.4, 0.5) is 14.6 Å². The number of nitrogens with two attached hydrogens (primary N) is 2. The van der Waals surface area contributed by atoms with Crippen LogP contribution in [0.3, 0.4) is 0 Å². The van der Waals surface area contributed by atoms with Crippen LogP contribution in [-0.4, -0.2) is 38.6 Å². The van der Waals surface area contributed by atoms with Crippen molar-refractivity contribution >= 4 is 48.2 Å². The zero-order valence-corrected chi connectivity index (χ0v) is 23.5. The normalized spacial score (nSPS) is 12.6. The third kappa shape index (κ3) is 6.66. The Morgan fingerprint density at radius 1 is 1.15 bits per heavy atom. The molecule has 1 aliphatic rings. The number of nitrogens with one attached hydrogen (secondary N) is 2. The fourth-order valence-electron chi connectivity index (χ4n) is 3.68. The van der Waals surface area contributed by atoms with Gasteiger partial charge < -0.3 is 21.7 Å². The molecule has 1 amide bonds. The molecule has 0 aliphatic carbocycles. The topological polar surface area (TPSA) is 133 Å². The molecule has 11 heteroatoms. The van der Waals surface area contributed by atoms with E-state index in [9.17, 15) is 13.6 Å². The van der Waals surface area contributed by atoms with Crippen LogP contribution in [0.25, 0.3) is 11.1 Å². The van der Waals surface area contributed by atoms with Crippen molar-refractivity contribution in [1.82, 2.24) is 15.2 Å². The monoisotopic (exact) mass is 651 g/mol. The number of amides is 1. The number of halogens is 3. The molecule has 6 N–H and O–H groups in total. The van der Waals surface area contributed by atoms with Gasteiger partial charge in [-0.1, -0.05) is 39.9 Å². The molecule has 0 fully saturated rings. The minimum Gasteiger partial charge on any atom is -0.384 e. The summed E-state index contributed by atoms with van der Waals surface area (Å²) >= 11 is -1.06. The summed E-state index contributed by atoms with van der Waals surface area (Å²) in [6, 6.07) is 12.9. The van der Waals surface area contributed by atoms with Crippen molar-refractivity contribution in [2.24, 2.45) is 10.7 Å². The highest BCUT2D eigenvalue weighted by Gasteiger charge is 2.20. The van der Waals surface area contributed by atoms with Crippen molar-refractivity contribution < 1.29 is 13.6 Å². The fourth-order valence-corrected chi connectivity index (χ4v) is 5.77. The van der Waals surface area contributed by atoms with Gasteiger partial charge in [0.25, 0.3) is 5.91 Å². The molecule has 4 rings (SSSR count). The van der Waals surface area contributed by atoms with Gasteiger partial charge in [-0.2, -0.15) is 0 Å². The van der Waals surface area contributed by atoms with Crippen LogP contribution in [0, 0.1) is 29.4 Å². The van der Waals surface area contributed by atoms with Crippen LogP contribution in [0.2, 0.25) is 0 Å². The van der Waals surface area contributed by atoms with Gasteiger partial charge in [0.15, 0.2) is 11.6 Å². The van der Waals surface area contributed by atoms with Crippen molar-refractivity contribution in [1.29, 1.82) is 5.41 Å². The zero-order valence-electron chi connectivity index (χ0n) is 21.3. The first-order valence-corrected chi connectivity index (χ1v) is 14.0. The average Bonchev–Trinajstić information content (AvgIpc) is 3.16. The predicted octanol–water partition coefficient (Wildman–Crippen LogP) is 3.83. The second-order valence-electron chi connectivity index (χ2n) is 8.70. The lowest BCUT2D eigenvalue weighted by Crippen LogP contribution is -2.28. The average molecular weight is 651 g/mol. The molecule has 0 saturated heterocycles.